The number of aromatic nitrogens is 1. The molecule has 0 aliphatic heterocycles. The minimum atomic E-state index is -4.82. The molecule has 0 aliphatic carbocycles. The highest BCUT2D eigenvalue weighted by Crippen LogP contribution is 2.23. The van der Waals surface area contributed by atoms with Crippen molar-refractivity contribution >= 4 is 16.7 Å². The van der Waals surface area contributed by atoms with Crippen molar-refractivity contribution in [3.63, 3.8) is 0 Å². The summed E-state index contributed by atoms with van der Waals surface area (Å²) in [4.78, 5) is 13.6. The molecule has 1 aromatic carbocycles. The number of fused-ring (bicyclic) bond motifs is 1. The first-order chi connectivity index (χ1) is 6.98. The third-order valence-corrected chi connectivity index (χ3v) is 2.07. The van der Waals surface area contributed by atoms with Crippen LogP contribution >= 0.6 is 0 Å². The van der Waals surface area contributed by atoms with Gasteiger partial charge in [-0.05, 0) is 17.5 Å². The maximum absolute atomic E-state index is 12.1. The monoisotopic (exact) mass is 213 g/mol. The van der Waals surface area contributed by atoms with Crippen molar-refractivity contribution in [1.29, 1.82) is 0 Å². The summed E-state index contributed by atoms with van der Waals surface area (Å²) < 4.78 is 36.3. The summed E-state index contributed by atoms with van der Waals surface area (Å²) in [5, 5.41) is 0.772. The van der Waals surface area contributed by atoms with Crippen LogP contribution in [0.4, 0.5) is 13.2 Å². The van der Waals surface area contributed by atoms with E-state index < -0.39 is 12.0 Å². The van der Waals surface area contributed by atoms with Gasteiger partial charge >= 0.3 is 6.18 Å². The van der Waals surface area contributed by atoms with Crippen molar-refractivity contribution in [2.45, 2.75) is 6.18 Å². The number of benzene rings is 1. The molecule has 2 rings (SSSR count). The Morgan fingerprint density at radius 2 is 1.93 bits per heavy atom. The van der Waals surface area contributed by atoms with Gasteiger partial charge in [0.05, 0.1) is 0 Å². The number of halogens is 3. The van der Waals surface area contributed by atoms with Gasteiger partial charge in [0.15, 0.2) is 0 Å². The second-order valence-corrected chi connectivity index (χ2v) is 3.11. The molecule has 15 heavy (non-hydrogen) atoms. The number of Topliss-reactive ketones (excluding diaryl/α,β-unsaturated/α-hetero) is 1. The zero-order valence-corrected chi connectivity index (χ0v) is 7.43. The lowest BCUT2D eigenvalue weighted by Gasteiger charge is -2.04. The van der Waals surface area contributed by atoms with E-state index in [1.165, 1.54) is 18.2 Å². The van der Waals surface area contributed by atoms with Gasteiger partial charge in [-0.15, -0.1) is 0 Å². The van der Waals surface area contributed by atoms with Gasteiger partial charge in [-0.3, -0.25) is 4.79 Å². The molecular formula is C10H6F3NO. The molecule has 2 nitrogen and oxygen atoms in total. The van der Waals surface area contributed by atoms with Crippen LogP contribution in [0.2, 0.25) is 0 Å². The van der Waals surface area contributed by atoms with Crippen LogP contribution in [0.1, 0.15) is 10.4 Å². The summed E-state index contributed by atoms with van der Waals surface area (Å²) in [6.07, 6.45) is -3.22. The van der Waals surface area contributed by atoms with Gasteiger partial charge in [0.2, 0.25) is 0 Å². The fourth-order valence-corrected chi connectivity index (χ4v) is 1.35. The number of rotatable bonds is 1. The number of ketones is 1. The highest BCUT2D eigenvalue weighted by molar-refractivity contribution is 6.02. The number of carbonyl (C=O) groups excluding carboxylic acids is 1. The third-order valence-electron chi connectivity index (χ3n) is 2.07. The quantitative estimate of drug-likeness (QED) is 0.726. The lowest BCUT2D eigenvalue weighted by molar-refractivity contribution is -0.0885. The average Bonchev–Trinajstić information content (AvgIpc) is 2.61. The van der Waals surface area contributed by atoms with Crippen LogP contribution < -0.4 is 0 Å². The molecule has 1 heterocycles. The number of hydrogen-bond acceptors (Lipinski definition) is 1. The molecule has 1 N–H and O–H groups in total. The Balaban J connectivity index is 2.49. The molecular weight excluding hydrogens is 207 g/mol. The van der Waals surface area contributed by atoms with E-state index in [1.807, 2.05) is 0 Å². The van der Waals surface area contributed by atoms with Crippen molar-refractivity contribution in [2.75, 3.05) is 0 Å². The summed E-state index contributed by atoms with van der Waals surface area (Å²) in [6.45, 7) is 0. The predicted octanol–water partition coefficient (Wildman–Crippen LogP) is 2.91. The van der Waals surface area contributed by atoms with E-state index in [0.29, 0.717) is 5.52 Å². The largest absolute Gasteiger partial charge is 0.454 e. The molecule has 1 aromatic heterocycles. The van der Waals surface area contributed by atoms with E-state index in [-0.39, 0.29) is 5.56 Å². The summed E-state index contributed by atoms with van der Waals surface area (Å²) >= 11 is 0. The number of aromatic amines is 1. The summed E-state index contributed by atoms with van der Waals surface area (Å²) in [7, 11) is 0. The zero-order valence-electron chi connectivity index (χ0n) is 7.43. The molecule has 0 saturated carbocycles. The Bertz CT molecular complexity index is 513. The maximum Gasteiger partial charge on any atom is 0.454 e. The van der Waals surface area contributed by atoms with Gasteiger partial charge in [-0.25, -0.2) is 0 Å². The van der Waals surface area contributed by atoms with Gasteiger partial charge < -0.3 is 4.98 Å². The van der Waals surface area contributed by atoms with Crippen LogP contribution in [-0.4, -0.2) is 16.9 Å². The van der Waals surface area contributed by atoms with Gasteiger partial charge in [0.1, 0.15) is 0 Å². The number of carbonyl (C=O) groups is 1. The molecule has 0 amide bonds. The van der Waals surface area contributed by atoms with E-state index in [9.17, 15) is 18.0 Å². The molecule has 0 spiro atoms. The minimum Gasteiger partial charge on any atom is -0.361 e. The zero-order chi connectivity index (χ0) is 11.1. The van der Waals surface area contributed by atoms with Crippen LogP contribution in [-0.2, 0) is 0 Å². The Morgan fingerprint density at radius 3 is 2.60 bits per heavy atom. The molecule has 0 atom stereocenters. The van der Waals surface area contributed by atoms with Gasteiger partial charge in [-0.1, -0.05) is 12.1 Å². The van der Waals surface area contributed by atoms with Crippen molar-refractivity contribution < 1.29 is 18.0 Å². The first-order valence-corrected chi connectivity index (χ1v) is 4.17. The number of H-pyrrole nitrogens is 1. The van der Waals surface area contributed by atoms with Crippen molar-refractivity contribution in [3.05, 3.63) is 36.0 Å². The van der Waals surface area contributed by atoms with Crippen LogP contribution in [0.25, 0.3) is 10.9 Å². The molecule has 78 valence electrons. The number of alkyl halides is 3. The molecule has 0 bridgehead atoms. The van der Waals surface area contributed by atoms with Gasteiger partial charge in [0.25, 0.3) is 5.78 Å². The molecule has 0 saturated heterocycles. The maximum atomic E-state index is 12.1. The Kier molecular flexibility index (Phi) is 2.03. The summed E-state index contributed by atoms with van der Waals surface area (Å²) in [6, 6.07) is 5.57. The highest BCUT2D eigenvalue weighted by Gasteiger charge is 2.39. The van der Waals surface area contributed by atoms with Crippen molar-refractivity contribution in [3.8, 4) is 0 Å². The van der Waals surface area contributed by atoms with Crippen molar-refractivity contribution in [2.24, 2.45) is 0 Å². The molecule has 5 heteroatoms. The van der Waals surface area contributed by atoms with E-state index in [0.717, 1.165) is 5.39 Å². The molecule has 2 aromatic rings. The second-order valence-electron chi connectivity index (χ2n) is 3.11. The van der Waals surface area contributed by atoms with Gasteiger partial charge in [-0.2, -0.15) is 13.2 Å². The molecule has 0 unspecified atom stereocenters. The van der Waals surface area contributed by atoms with Crippen LogP contribution in [0.5, 0.6) is 0 Å². The van der Waals surface area contributed by atoms with E-state index in [1.54, 1.807) is 12.3 Å². The van der Waals surface area contributed by atoms with E-state index in [4.69, 9.17) is 0 Å². The fraction of sp³-hybridized carbons (Fsp3) is 0.100. The smallest absolute Gasteiger partial charge is 0.361 e. The van der Waals surface area contributed by atoms with E-state index >= 15 is 0 Å². The predicted molar refractivity (Wildman–Crippen MR) is 48.7 cm³/mol. The molecule has 0 aliphatic rings. The van der Waals surface area contributed by atoms with Crippen LogP contribution in [0.3, 0.4) is 0 Å². The minimum absolute atomic E-state index is 0.350. The second kappa shape index (κ2) is 3.12. The Morgan fingerprint density at radius 1 is 1.20 bits per heavy atom. The van der Waals surface area contributed by atoms with Crippen LogP contribution in [0, 0.1) is 0 Å². The number of nitrogens with one attached hydrogen (secondary N) is 1. The number of hydrogen-bond donors (Lipinski definition) is 1. The van der Waals surface area contributed by atoms with Crippen LogP contribution in [0.15, 0.2) is 30.5 Å². The summed E-state index contributed by atoms with van der Waals surface area (Å²) in [5.74, 6) is -1.82. The first-order valence-electron chi connectivity index (χ1n) is 4.17. The third kappa shape index (κ3) is 1.72. The topological polar surface area (TPSA) is 32.9 Å². The Hall–Kier alpha value is -1.78. The average molecular weight is 213 g/mol. The normalized spacial score (nSPS) is 11.9. The van der Waals surface area contributed by atoms with Crippen molar-refractivity contribution in [1.82, 2.24) is 4.98 Å². The summed E-state index contributed by atoms with van der Waals surface area (Å²) in [5.41, 5.74) is 0.169. The lowest BCUT2D eigenvalue weighted by atomic mass is 10.1. The highest BCUT2D eigenvalue weighted by atomic mass is 19.4. The standard InChI is InChI=1S/C10H6F3NO/c11-10(12,13)9(15)7-2-1-6-3-4-14-8(6)5-7/h1-5,14H. The Labute approximate surface area is 82.7 Å². The van der Waals surface area contributed by atoms with Gasteiger partial charge in [0, 0.05) is 17.3 Å². The lowest BCUT2D eigenvalue weighted by Crippen LogP contribution is -2.22. The fourth-order valence-electron chi connectivity index (χ4n) is 1.35. The van der Waals surface area contributed by atoms with E-state index in [2.05, 4.69) is 4.98 Å². The molecule has 0 radical (unpaired) electrons. The first kappa shape index (κ1) is 9.76. The molecule has 0 fully saturated rings. The SMILES string of the molecule is O=C(c1ccc2cc[nH]c2c1)C(F)(F)F.